The van der Waals surface area contributed by atoms with Crippen LogP contribution in [0.4, 0.5) is 5.69 Å². The second kappa shape index (κ2) is 8.66. The molecular formula is C19H22ClN3O2S. The van der Waals surface area contributed by atoms with Crippen LogP contribution in [0.2, 0.25) is 4.34 Å². The monoisotopic (exact) mass is 391 g/mol. The maximum absolute atomic E-state index is 12.5. The van der Waals surface area contributed by atoms with Gasteiger partial charge in [-0.05, 0) is 49.4 Å². The molecule has 1 fully saturated rings. The summed E-state index contributed by atoms with van der Waals surface area (Å²) in [7, 11) is 0. The molecule has 0 aliphatic heterocycles. The lowest BCUT2D eigenvalue weighted by Crippen LogP contribution is -2.32. The Bertz CT molecular complexity index is 785. The Morgan fingerprint density at radius 1 is 1.12 bits per heavy atom. The highest BCUT2D eigenvalue weighted by Crippen LogP contribution is 2.26. The van der Waals surface area contributed by atoms with E-state index in [2.05, 4.69) is 10.6 Å². The molecule has 0 saturated heterocycles. The summed E-state index contributed by atoms with van der Waals surface area (Å²) in [5.74, 6) is -0.143. The van der Waals surface area contributed by atoms with E-state index in [9.17, 15) is 9.59 Å². The van der Waals surface area contributed by atoms with Crippen molar-refractivity contribution in [1.82, 2.24) is 5.32 Å². The molecule has 0 bridgehead atoms. The number of hydrogen-bond donors (Lipinski definition) is 3. The molecule has 5 nitrogen and oxygen atoms in total. The summed E-state index contributed by atoms with van der Waals surface area (Å²) < 4.78 is 0.579. The molecule has 1 aromatic heterocycles. The van der Waals surface area contributed by atoms with E-state index in [0.29, 0.717) is 15.8 Å². The molecular weight excluding hydrogens is 370 g/mol. The van der Waals surface area contributed by atoms with E-state index in [1.165, 1.54) is 11.3 Å². The number of nitrogens with one attached hydrogen (secondary N) is 2. The number of benzene rings is 1. The zero-order chi connectivity index (χ0) is 18.5. The molecule has 1 aliphatic rings. The highest BCUT2D eigenvalue weighted by molar-refractivity contribution is 7.17. The van der Waals surface area contributed by atoms with Crippen molar-refractivity contribution in [3.8, 4) is 0 Å². The topological polar surface area (TPSA) is 84.2 Å². The molecule has 2 aromatic rings. The smallest absolute Gasteiger partial charge is 0.261 e. The summed E-state index contributed by atoms with van der Waals surface area (Å²) in [5.41, 5.74) is 7.51. The number of amides is 2. The van der Waals surface area contributed by atoms with Gasteiger partial charge in [0.1, 0.15) is 0 Å². The minimum atomic E-state index is -0.177. The molecule has 138 valence electrons. The lowest BCUT2D eigenvalue weighted by atomic mass is 9.86. The van der Waals surface area contributed by atoms with Crippen molar-refractivity contribution in [1.29, 1.82) is 0 Å². The van der Waals surface area contributed by atoms with E-state index in [-0.39, 0.29) is 23.8 Å². The Kier molecular flexibility index (Phi) is 6.29. The quantitative estimate of drug-likeness (QED) is 0.725. The van der Waals surface area contributed by atoms with Gasteiger partial charge in [-0.2, -0.15) is 0 Å². The fourth-order valence-corrected chi connectivity index (χ4v) is 4.07. The average molecular weight is 392 g/mol. The van der Waals surface area contributed by atoms with Gasteiger partial charge in [0.05, 0.1) is 9.21 Å². The Morgan fingerprint density at radius 2 is 1.85 bits per heavy atom. The highest BCUT2D eigenvalue weighted by Gasteiger charge is 2.25. The maximum atomic E-state index is 12.5. The van der Waals surface area contributed by atoms with Crippen molar-refractivity contribution in [3.05, 3.63) is 51.2 Å². The molecule has 7 heteroatoms. The number of halogens is 1. The zero-order valence-corrected chi connectivity index (χ0v) is 15.9. The number of rotatable bonds is 5. The molecule has 0 unspecified atom stereocenters. The third-order valence-electron chi connectivity index (χ3n) is 4.65. The minimum absolute atomic E-state index is 0.00529. The van der Waals surface area contributed by atoms with Gasteiger partial charge in [0.25, 0.3) is 5.91 Å². The standard InChI is InChI=1S/C19H22ClN3O2S/c20-17-10-9-16(26-17)19(25)22-11-13-3-1-2-4-15(13)23-18(24)12-5-7-14(21)8-6-12/h1-4,9-10,12,14H,5-8,11,21H2,(H,22,25)(H,23,24). The van der Waals surface area contributed by atoms with E-state index in [0.717, 1.165) is 36.9 Å². The first-order valence-corrected chi connectivity index (χ1v) is 9.90. The lowest BCUT2D eigenvalue weighted by Gasteiger charge is -2.25. The molecule has 3 rings (SSSR count). The molecule has 1 aromatic carbocycles. The molecule has 0 radical (unpaired) electrons. The summed E-state index contributed by atoms with van der Waals surface area (Å²) in [6.45, 7) is 0.334. The zero-order valence-electron chi connectivity index (χ0n) is 14.3. The van der Waals surface area contributed by atoms with Crippen molar-refractivity contribution in [3.63, 3.8) is 0 Å². The second-order valence-electron chi connectivity index (χ2n) is 6.54. The van der Waals surface area contributed by atoms with Crippen LogP contribution in [0, 0.1) is 5.92 Å². The summed E-state index contributed by atoms with van der Waals surface area (Å²) in [6.07, 6.45) is 3.43. The average Bonchev–Trinajstić information content (AvgIpc) is 3.08. The second-order valence-corrected chi connectivity index (χ2v) is 8.26. The van der Waals surface area contributed by atoms with Crippen LogP contribution in [0.1, 0.15) is 40.9 Å². The number of hydrogen-bond acceptors (Lipinski definition) is 4. The first-order chi connectivity index (χ1) is 12.5. The molecule has 1 aliphatic carbocycles. The van der Waals surface area contributed by atoms with Gasteiger partial charge in [-0.3, -0.25) is 9.59 Å². The van der Waals surface area contributed by atoms with E-state index in [1.807, 2.05) is 24.3 Å². The maximum Gasteiger partial charge on any atom is 0.261 e. The van der Waals surface area contributed by atoms with Gasteiger partial charge in [0.15, 0.2) is 0 Å². The van der Waals surface area contributed by atoms with Crippen LogP contribution in [0.25, 0.3) is 0 Å². The van der Waals surface area contributed by atoms with Crippen LogP contribution in [0.3, 0.4) is 0 Å². The van der Waals surface area contributed by atoms with Crippen molar-refractivity contribution in [2.24, 2.45) is 11.7 Å². The van der Waals surface area contributed by atoms with E-state index < -0.39 is 0 Å². The molecule has 0 atom stereocenters. The van der Waals surface area contributed by atoms with Crippen LogP contribution >= 0.6 is 22.9 Å². The van der Waals surface area contributed by atoms with E-state index in [1.54, 1.807) is 12.1 Å². The predicted octanol–water partition coefficient (Wildman–Crippen LogP) is 3.79. The molecule has 4 N–H and O–H groups in total. The van der Waals surface area contributed by atoms with Crippen LogP contribution in [-0.2, 0) is 11.3 Å². The number of thiophene rings is 1. The molecule has 1 saturated carbocycles. The lowest BCUT2D eigenvalue weighted by molar-refractivity contribution is -0.120. The molecule has 2 amide bonds. The predicted molar refractivity (Wildman–Crippen MR) is 106 cm³/mol. The first kappa shape index (κ1) is 18.9. The summed E-state index contributed by atoms with van der Waals surface area (Å²) in [5, 5.41) is 5.89. The number of anilines is 1. The number of nitrogens with two attached hydrogens (primary N) is 1. The summed E-state index contributed by atoms with van der Waals surface area (Å²) >= 11 is 7.11. The van der Waals surface area contributed by atoms with Gasteiger partial charge in [-0.1, -0.05) is 29.8 Å². The third kappa shape index (κ3) is 4.84. The third-order valence-corrected chi connectivity index (χ3v) is 5.88. The normalized spacial score (nSPS) is 19.8. The van der Waals surface area contributed by atoms with Crippen LogP contribution in [0.15, 0.2) is 36.4 Å². The van der Waals surface area contributed by atoms with Crippen molar-refractivity contribution in [2.75, 3.05) is 5.32 Å². The van der Waals surface area contributed by atoms with Gasteiger partial charge >= 0.3 is 0 Å². The first-order valence-electron chi connectivity index (χ1n) is 8.71. The summed E-state index contributed by atoms with van der Waals surface area (Å²) in [4.78, 5) is 25.3. The Morgan fingerprint density at radius 3 is 2.54 bits per heavy atom. The van der Waals surface area contributed by atoms with Gasteiger partial charge < -0.3 is 16.4 Å². The van der Waals surface area contributed by atoms with Gasteiger partial charge in [-0.15, -0.1) is 11.3 Å². The fourth-order valence-electron chi connectivity index (χ4n) is 3.11. The molecule has 26 heavy (non-hydrogen) atoms. The van der Waals surface area contributed by atoms with Gasteiger partial charge in [0.2, 0.25) is 5.91 Å². The number of carbonyl (C=O) groups excluding carboxylic acids is 2. The Labute approximate surface area is 161 Å². The fraction of sp³-hybridized carbons (Fsp3) is 0.368. The molecule has 1 heterocycles. The Balaban J connectivity index is 1.60. The van der Waals surface area contributed by atoms with Crippen molar-refractivity contribution >= 4 is 40.4 Å². The molecule has 0 spiro atoms. The van der Waals surface area contributed by atoms with Crippen molar-refractivity contribution in [2.45, 2.75) is 38.3 Å². The van der Waals surface area contributed by atoms with Crippen LogP contribution in [0.5, 0.6) is 0 Å². The largest absolute Gasteiger partial charge is 0.347 e. The van der Waals surface area contributed by atoms with Crippen molar-refractivity contribution < 1.29 is 9.59 Å². The SMILES string of the molecule is NC1CCC(C(=O)Nc2ccccc2CNC(=O)c2ccc(Cl)s2)CC1. The van der Waals surface area contributed by atoms with Gasteiger partial charge in [0, 0.05) is 24.2 Å². The number of carbonyl (C=O) groups is 2. The van der Waals surface area contributed by atoms with Crippen LogP contribution < -0.4 is 16.4 Å². The van der Waals surface area contributed by atoms with Crippen LogP contribution in [-0.4, -0.2) is 17.9 Å². The van der Waals surface area contributed by atoms with E-state index in [4.69, 9.17) is 17.3 Å². The Hall–Kier alpha value is -1.89. The van der Waals surface area contributed by atoms with E-state index >= 15 is 0 Å². The highest BCUT2D eigenvalue weighted by atomic mass is 35.5. The summed E-state index contributed by atoms with van der Waals surface area (Å²) in [6, 6.07) is 11.1. The minimum Gasteiger partial charge on any atom is -0.347 e. The number of para-hydroxylation sites is 1. The van der Waals surface area contributed by atoms with Gasteiger partial charge in [-0.25, -0.2) is 0 Å².